The van der Waals surface area contributed by atoms with Crippen LogP contribution in [0.25, 0.3) is 0 Å². The van der Waals surface area contributed by atoms with E-state index >= 15 is 0 Å². The van der Waals surface area contributed by atoms with Crippen molar-refractivity contribution in [2.24, 2.45) is 5.92 Å². The van der Waals surface area contributed by atoms with E-state index in [1.54, 1.807) is 6.20 Å². The van der Waals surface area contributed by atoms with Crippen LogP contribution in [0.15, 0.2) is 17.0 Å². The molecular formula is C11H18N2O. The van der Waals surface area contributed by atoms with Crippen LogP contribution in [0.5, 0.6) is 0 Å². The summed E-state index contributed by atoms with van der Waals surface area (Å²) in [6, 6.07) is 0.670. The molecule has 1 saturated carbocycles. The van der Waals surface area contributed by atoms with E-state index in [2.05, 4.69) is 17.2 Å². The first-order valence-corrected chi connectivity index (χ1v) is 5.45. The number of aromatic nitrogens is 1. The summed E-state index contributed by atoms with van der Waals surface area (Å²) in [4.78, 5) is 3.89. The summed E-state index contributed by atoms with van der Waals surface area (Å²) in [5.41, 5.74) is 0. The van der Waals surface area contributed by atoms with Gasteiger partial charge in [-0.05, 0) is 18.8 Å². The van der Waals surface area contributed by atoms with E-state index in [1.165, 1.54) is 32.1 Å². The quantitative estimate of drug-likeness (QED) is 0.802. The van der Waals surface area contributed by atoms with Gasteiger partial charge in [0.2, 0.25) is 0 Å². The molecule has 0 amide bonds. The van der Waals surface area contributed by atoms with Crippen LogP contribution < -0.4 is 5.32 Å². The van der Waals surface area contributed by atoms with Gasteiger partial charge in [0.15, 0.2) is 6.39 Å². The lowest BCUT2D eigenvalue weighted by molar-refractivity contribution is 0.294. The number of oxazole rings is 1. The summed E-state index contributed by atoms with van der Waals surface area (Å²) < 4.78 is 5.18. The molecule has 1 heterocycles. The molecule has 1 aromatic rings. The fraction of sp³-hybridized carbons (Fsp3) is 0.727. The molecule has 1 aliphatic rings. The molecule has 0 aromatic carbocycles. The Hall–Kier alpha value is -0.830. The monoisotopic (exact) mass is 194 g/mol. The van der Waals surface area contributed by atoms with Gasteiger partial charge in [0.25, 0.3) is 0 Å². The minimum Gasteiger partial charge on any atom is -0.447 e. The fourth-order valence-corrected chi connectivity index (χ4v) is 2.19. The normalized spacial score (nSPS) is 27.8. The standard InChI is InChI=1S/C11H18N2O/c1-9-3-2-4-10(5-9)13-7-11-6-12-8-14-11/h6,8-10,13H,2-5,7H2,1H3. The van der Waals surface area contributed by atoms with E-state index < -0.39 is 0 Å². The van der Waals surface area contributed by atoms with E-state index in [0.29, 0.717) is 6.04 Å². The average Bonchev–Trinajstić information content (AvgIpc) is 2.67. The van der Waals surface area contributed by atoms with Gasteiger partial charge in [-0.2, -0.15) is 0 Å². The smallest absolute Gasteiger partial charge is 0.180 e. The highest BCUT2D eigenvalue weighted by atomic mass is 16.3. The van der Waals surface area contributed by atoms with Crippen molar-refractivity contribution < 1.29 is 4.42 Å². The molecule has 14 heavy (non-hydrogen) atoms. The molecule has 78 valence electrons. The van der Waals surface area contributed by atoms with Gasteiger partial charge in [-0.1, -0.05) is 19.8 Å². The summed E-state index contributed by atoms with van der Waals surface area (Å²) in [5.74, 6) is 1.80. The van der Waals surface area contributed by atoms with Gasteiger partial charge < -0.3 is 9.73 Å². The van der Waals surface area contributed by atoms with Crippen LogP contribution >= 0.6 is 0 Å². The van der Waals surface area contributed by atoms with Crippen LogP contribution in [-0.2, 0) is 6.54 Å². The van der Waals surface area contributed by atoms with Crippen molar-refractivity contribution in [3.05, 3.63) is 18.4 Å². The van der Waals surface area contributed by atoms with Crippen LogP contribution in [0.3, 0.4) is 0 Å². The SMILES string of the molecule is CC1CCCC(NCc2cnco2)C1. The molecule has 0 aliphatic heterocycles. The maximum absolute atomic E-state index is 5.18. The fourth-order valence-electron chi connectivity index (χ4n) is 2.19. The van der Waals surface area contributed by atoms with Gasteiger partial charge in [0.05, 0.1) is 12.7 Å². The topological polar surface area (TPSA) is 38.1 Å². The maximum Gasteiger partial charge on any atom is 0.180 e. The summed E-state index contributed by atoms with van der Waals surface area (Å²) in [7, 11) is 0. The lowest BCUT2D eigenvalue weighted by Gasteiger charge is -2.27. The predicted octanol–water partition coefficient (Wildman–Crippen LogP) is 2.34. The largest absolute Gasteiger partial charge is 0.447 e. The second-order valence-corrected chi connectivity index (χ2v) is 4.32. The highest BCUT2D eigenvalue weighted by Gasteiger charge is 2.18. The Morgan fingerprint density at radius 2 is 2.50 bits per heavy atom. The molecule has 1 aromatic heterocycles. The number of rotatable bonds is 3. The number of hydrogen-bond donors (Lipinski definition) is 1. The molecule has 2 atom stereocenters. The number of nitrogens with one attached hydrogen (secondary N) is 1. The molecule has 3 nitrogen and oxygen atoms in total. The van der Waals surface area contributed by atoms with Crippen LogP contribution in [0.1, 0.15) is 38.4 Å². The van der Waals surface area contributed by atoms with Gasteiger partial charge >= 0.3 is 0 Å². The molecule has 0 bridgehead atoms. The Kier molecular flexibility index (Phi) is 3.19. The number of nitrogens with zero attached hydrogens (tertiary/aromatic N) is 1. The minimum absolute atomic E-state index is 0.670. The highest BCUT2D eigenvalue weighted by molar-refractivity contribution is 4.88. The Labute approximate surface area is 84.9 Å². The second-order valence-electron chi connectivity index (χ2n) is 4.32. The summed E-state index contributed by atoms with van der Waals surface area (Å²) in [5, 5.41) is 3.52. The summed E-state index contributed by atoms with van der Waals surface area (Å²) in [6.45, 7) is 3.15. The molecule has 0 saturated heterocycles. The Balaban J connectivity index is 1.75. The van der Waals surface area contributed by atoms with E-state index in [1.807, 2.05) is 0 Å². The number of hydrogen-bond acceptors (Lipinski definition) is 3. The van der Waals surface area contributed by atoms with Crippen LogP contribution in [0.2, 0.25) is 0 Å². The van der Waals surface area contributed by atoms with Crippen molar-refractivity contribution in [3.63, 3.8) is 0 Å². The van der Waals surface area contributed by atoms with Crippen molar-refractivity contribution in [2.45, 2.75) is 45.2 Å². The zero-order valence-corrected chi connectivity index (χ0v) is 8.70. The van der Waals surface area contributed by atoms with Crippen LogP contribution in [0, 0.1) is 5.92 Å². The zero-order chi connectivity index (χ0) is 9.80. The lowest BCUT2D eigenvalue weighted by Crippen LogP contribution is -2.32. The molecule has 2 unspecified atom stereocenters. The second kappa shape index (κ2) is 4.60. The van der Waals surface area contributed by atoms with Gasteiger partial charge in [-0.3, -0.25) is 0 Å². The molecule has 1 N–H and O–H groups in total. The molecule has 3 heteroatoms. The molecule has 1 aliphatic carbocycles. The minimum atomic E-state index is 0.670. The van der Waals surface area contributed by atoms with Crippen molar-refractivity contribution in [2.75, 3.05) is 0 Å². The van der Waals surface area contributed by atoms with Gasteiger partial charge in [-0.25, -0.2) is 4.98 Å². The molecule has 0 radical (unpaired) electrons. The summed E-state index contributed by atoms with van der Waals surface area (Å²) >= 11 is 0. The Morgan fingerprint density at radius 1 is 1.57 bits per heavy atom. The van der Waals surface area contributed by atoms with Crippen molar-refractivity contribution >= 4 is 0 Å². The summed E-state index contributed by atoms with van der Waals surface area (Å²) in [6.07, 6.45) is 8.61. The van der Waals surface area contributed by atoms with Crippen LogP contribution in [0.4, 0.5) is 0 Å². The molecular weight excluding hydrogens is 176 g/mol. The first-order chi connectivity index (χ1) is 6.84. The van der Waals surface area contributed by atoms with E-state index in [9.17, 15) is 0 Å². The average molecular weight is 194 g/mol. The van der Waals surface area contributed by atoms with Crippen molar-refractivity contribution in [3.8, 4) is 0 Å². The Morgan fingerprint density at radius 3 is 3.21 bits per heavy atom. The first kappa shape index (κ1) is 9.71. The van der Waals surface area contributed by atoms with Crippen molar-refractivity contribution in [1.29, 1.82) is 0 Å². The third kappa shape index (κ3) is 2.58. The van der Waals surface area contributed by atoms with E-state index in [4.69, 9.17) is 4.42 Å². The van der Waals surface area contributed by atoms with Crippen molar-refractivity contribution in [1.82, 2.24) is 10.3 Å². The third-order valence-corrected chi connectivity index (χ3v) is 2.98. The molecule has 1 fully saturated rings. The van der Waals surface area contributed by atoms with E-state index in [-0.39, 0.29) is 0 Å². The maximum atomic E-state index is 5.18. The van der Waals surface area contributed by atoms with Gasteiger partial charge in [-0.15, -0.1) is 0 Å². The third-order valence-electron chi connectivity index (χ3n) is 2.98. The Bertz CT molecular complexity index is 258. The first-order valence-electron chi connectivity index (χ1n) is 5.45. The highest BCUT2D eigenvalue weighted by Crippen LogP contribution is 2.23. The molecule has 0 spiro atoms. The van der Waals surface area contributed by atoms with Gasteiger partial charge in [0, 0.05) is 6.04 Å². The predicted molar refractivity (Wildman–Crippen MR) is 54.8 cm³/mol. The molecule has 2 rings (SSSR count). The van der Waals surface area contributed by atoms with Crippen LogP contribution in [-0.4, -0.2) is 11.0 Å². The van der Waals surface area contributed by atoms with Gasteiger partial charge in [0.1, 0.15) is 5.76 Å². The zero-order valence-electron chi connectivity index (χ0n) is 8.70. The van der Waals surface area contributed by atoms with E-state index in [0.717, 1.165) is 18.2 Å². The lowest BCUT2D eigenvalue weighted by atomic mass is 9.87.